The van der Waals surface area contributed by atoms with Crippen molar-refractivity contribution < 1.29 is 9.59 Å². The Bertz CT molecular complexity index is 1040. The van der Waals surface area contributed by atoms with Gasteiger partial charge >= 0.3 is 0 Å². The van der Waals surface area contributed by atoms with Gasteiger partial charge in [0.05, 0.1) is 11.9 Å². The van der Waals surface area contributed by atoms with Crippen LogP contribution in [-0.2, 0) is 4.79 Å². The Balaban J connectivity index is 1.46. The van der Waals surface area contributed by atoms with Crippen LogP contribution in [0.1, 0.15) is 41.1 Å². The summed E-state index contributed by atoms with van der Waals surface area (Å²) in [6.07, 6.45) is 14.2. The van der Waals surface area contributed by atoms with Gasteiger partial charge in [-0.1, -0.05) is 18.2 Å². The first-order valence-corrected chi connectivity index (χ1v) is 10.5. The number of amides is 2. The molecule has 0 radical (unpaired) electrons. The Morgan fingerprint density at radius 3 is 2.77 bits per heavy atom. The molecule has 0 spiro atoms. The average Bonchev–Trinajstić information content (AvgIpc) is 3.60. The number of pyridine rings is 2. The molecule has 7 nitrogen and oxygen atoms in total. The summed E-state index contributed by atoms with van der Waals surface area (Å²) in [5.41, 5.74) is 3.47. The Hall–Kier alpha value is -3.32. The number of likely N-dealkylation sites (N-methyl/N-ethyl adjacent to an activating group) is 1. The van der Waals surface area contributed by atoms with Crippen LogP contribution in [0.2, 0.25) is 0 Å². The van der Waals surface area contributed by atoms with Crippen molar-refractivity contribution in [2.45, 2.75) is 25.2 Å². The van der Waals surface area contributed by atoms with Gasteiger partial charge in [-0.15, -0.1) is 0 Å². The first-order valence-electron chi connectivity index (χ1n) is 10.5. The van der Waals surface area contributed by atoms with Crippen LogP contribution >= 0.6 is 0 Å². The fourth-order valence-electron chi connectivity index (χ4n) is 3.69. The molecule has 1 saturated carbocycles. The highest BCUT2D eigenvalue weighted by Crippen LogP contribution is 2.32. The van der Waals surface area contributed by atoms with Gasteiger partial charge in [-0.3, -0.25) is 14.6 Å². The maximum Gasteiger partial charge on any atom is 0.255 e. The minimum atomic E-state index is -0.268. The number of hydrogen-bond acceptors (Lipinski definition) is 5. The summed E-state index contributed by atoms with van der Waals surface area (Å²) in [6.45, 7) is 0.873. The van der Waals surface area contributed by atoms with Gasteiger partial charge in [0.15, 0.2) is 0 Å². The Morgan fingerprint density at radius 1 is 1.16 bits per heavy atom. The van der Waals surface area contributed by atoms with Gasteiger partial charge in [-0.2, -0.15) is 0 Å². The van der Waals surface area contributed by atoms with Gasteiger partial charge in [0.2, 0.25) is 5.91 Å². The van der Waals surface area contributed by atoms with Crippen molar-refractivity contribution in [3.8, 4) is 0 Å². The van der Waals surface area contributed by atoms with Crippen molar-refractivity contribution in [3.05, 3.63) is 71.7 Å². The Morgan fingerprint density at radius 2 is 2.00 bits per heavy atom. The van der Waals surface area contributed by atoms with Crippen molar-refractivity contribution in [1.82, 2.24) is 14.9 Å². The Labute approximate surface area is 182 Å². The maximum atomic E-state index is 12.8. The first kappa shape index (κ1) is 20.9. The number of aromatic nitrogens is 2. The molecule has 7 heteroatoms. The molecule has 1 fully saturated rings. The minimum Gasteiger partial charge on any atom is -0.321 e. The van der Waals surface area contributed by atoms with E-state index in [4.69, 9.17) is 0 Å². The summed E-state index contributed by atoms with van der Waals surface area (Å²) >= 11 is 0. The topological polar surface area (TPSA) is 87.2 Å². The lowest BCUT2D eigenvalue weighted by Crippen LogP contribution is -2.20. The quantitative estimate of drug-likeness (QED) is 0.719. The standard InChI is InChI=1S/C24H27N5O2/c1-29(2)15-18-5-3-4-6-21(18)19-11-20(14-25-13-19)27-24(31)17-9-10-26-22(12-17)28-23(30)16-7-8-16/h3-5,9-14,16,21H,6-8,15H2,1-2H3,(H,27,31)(H,26,28,30). The SMILES string of the molecule is CN(C)CC1=CC=CCC1c1cncc(NC(=O)c2ccnc(NC(=O)C3CC3)c2)c1. The third kappa shape index (κ3) is 5.44. The maximum absolute atomic E-state index is 12.8. The second-order valence-corrected chi connectivity index (χ2v) is 8.35. The van der Waals surface area contributed by atoms with Crippen LogP contribution in [-0.4, -0.2) is 47.3 Å². The van der Waals surface area contributed by atoms with Crippen molar-refractivity contribution in [2.24, 2.45) is 5.92 Å². The van der Waals surface area contributed by atoms with E-state index in [2.05, 4.69) is 57.8 Å². The van der Waals surface area contributed by atoms with E-state index in [0.717, 1.165) is 31.4 Å². The zero-order valence-corrected chi connectivity index (χ0v) is 17.8. The summed E-state index contributed by atoms with van der Waals surface area (Å²) in [4.78, 5) is 35.4. The number of nitrogens with one attached hydrogen (secondary N) is 2. The molecule has 2 aliphatic rings. The molecule has 0 saturated heterocycles. The highest BCUT2D eigenvalue weighted by Gasteiger charge is 2.29. The van der Waals surface area contributed by atoms with Gasteiger partial charge in [0, 0.05) is 36.3 Å². The van der Waals surface area contributed by atoms with Crippen molar-refractivity contribution in [2.75, 3.05) is 31.3 Å². The van der Waals surface area contributed by atoms with Gasteiger partial charge < -0.3 is 15.5 Å². The molecule has 2 heterocycles. The number of nitrogens with zero attached hydrogens (tertiary/aromatic N) is 3. The predicted molar refractivity (Wildman–Crippen MR) is 121 cm³/mol. The molecule has 4 rings (SSSR count). The summed E-state index contributed by atoms with van der Waals surface area (Å²) < 4.78 is 0. The summed E-state index contributed by atoms with van der Waals surface area (Å²) in [6, 6.07) is 5.20. The van der Waals surface area contributed by atoms with Crippen LogP contribution in [0.25, 0.3) is 0 Å². The molecular formula is C24H27N5O2. The smallest absolute Gasteiger partial charge is 0.255 e. The fourth-order valence-corrected chi connectivity index (χ4v) is 3.69. The van der Waals surface area contributed by atoms with E-state index in [1.807, 2.05) is 12.3 Å². The molecule has 0 aliphatic heterocycles. The van der Waals surface area contributed by atoms with Crippen molar-refractivity contribution in [3.63, 3.8) is 0 Å². The van der Waals surface area contributed by atoms with Gasteiger partial charge in [0.25, 0.3) is 5.91 Å². The number of rotatable bonds is 7. The Kier molecular flexibility index (Phi) is 6.23. The van der Waals surface area contributed by atoms with Crippen molar-refractivity contribution in [1.29, 1.82) is 0 Å². The summed E-state index contributed by atoms with van der Waals surface area (Å²) in [5, 5.41) is 5.70. The van der Waals surface area contributed by atoms with Crippen LogP contribution in [0.5, 0.6) is 0 Å². The summed E-state index contributed by atoms with van der Waals surface area (Å²) in [5.74, 6) is 0.404. The minimum absolute atomic E-state index is 0.0370. The molecule has 0 aromatic carbocycles. The van der Waals surface area contributed by atoms with E-state index < -0.39 is 0 Å². The van der Waals surface area contributed by atoms with E-state index in [0.29, 0.717) is 17.1 Å². The molecule has 2 aliphatic carbocycles. The average molecular weight is 418 g/mol. The second kappa shape index (κ2) is 9.22. The molecule has 2 N–H and O–H groups in total. The third-order valence-corrected chi connectivity index (χ3v) is 5.41. The lowest BCUT2D eigenvalue weighted by Gasteiger charge is -2.24. The van der Waals surface area contributed by atoms with E-state index in [1.165, 1.54) is 11.8 Å². The van der Waals surface area contributed by atoms with E-state index in [1.54, 1.807) is 18.3 Å². The van der Waals surface area contributed by atoms with Crippen molar-refractivity contribution >= 4 is 23.3 Å². The predicted octanol–water partition coefficient (Wildman–Crippen LogP) is 3.61. The second-order valence-electron chi connectivity index (χ2n) is 8.35. The van der Waals surface area contributed by atoms with E-state index in [9.17, 15) is 9.59 Å². The van der Waals surface area contributed by atoms with Crippen LogP contribution in [0.15, 0.2) is 60.6 Å². The van der Waals surface area contributed by atoms with Gasteiger partial charge in [-0.25, -0.2) is 4.98 Å². The van der Waals surface area contributed by atoms with Crippen LogP contribution < -0.4 is 10.6 Å². The van der Waals surface area contributed by atoms with Gasteiger partial charge in [0.1, 0.15) is 5.82 Å². The first-order chi connectivity index (χ1) is 15.0. The monoisotopic (exact) mass is 417 g/mol. The normalized spacial score (nSPS) is 17.9. The largest absolute Gasteiger partial charge is 0.321 e. The lowest BCUT2D eigenvalue weighted by atomic mass is 9.85. The molecule has 1 unspecified atom stereocenters. The number of allylic oxidation sites excluding steroid dienone is 3. The molecule has 2 aromatic heterocycles. The highest BCUT2D eigenvalue weighted by atomic mass is 16.2. The molecule has 0 bridgehead atoms. The zero-order chi connectivity index (χ0) is 21.8. The van der Waals surface area contributed by atoms with Crippen LogP contribution in [0.4, 0.5) is 11.5 Å². The number of carbonyl (C=O) groups is 2. The fraction of sp³-hybridized carbons (Fsp3) is 0.333. The molecule has 2 aromatic rings. The zero-order valence-electron chi connectivity index (χ0n) is 17.8. The molecular weight excluding hydrogens is 390 g/mol. The lowest BCUT2D eigenvalue weighted by molar-refractivity contribution is -0.117. The number of carbonyl (C=O) groups excluding carboxylic acids is 2. The molecule has 1 atom stereocenters. The number of hydrogen-bond donors (Lipinski definition) is 2. The highest BCUT2D eigenvalue weighted by molar-refractivity contribution is 6.05. The van der Waals surface area contributed by atoms with Crippen LogP contribution in [0, 0.1) is 5.92 Å². The molecule has 160 valence electrons. The number of anilines is 2. The van der Waals surface area contributed by atoms with Crippen LogP contribution in [0.3, 0.4) is 0 Å². The molecule has 31 heavy (non-hydrogen) atoms. The van der Waals surface area contributed by atoms with E-state index >= 15 is 0 Å². The molecule has 2 amide bonds. The summed E-state index contributed by atoms with van der Waals surface area (Å²) in [7, 11) is 4.11. The third-order valence-electron chi connectivity index (χ3n) is 5.41. The van der Waals surface area contributed by atoms with Gasteiger partial charge in [-0.05, 0) is 62.7 Å². The van der Waals surface area contributed by atoms with E-state index in [-0.39, 0.29) is 23.7 Å².